The minimum atomic E-state index is 0.965. The standard InChI is InChI=1S/C16H17N3/c1-3-5-13-10-12-8-7-11-6-4-9-18-14(11)15(12)19-16(13)17-2/h4,6-10H,3,5H2,1-2H3,(H,17,19). The van der Waals surface area contributed by atoms with Crippen LogP contribution in [0.5, 0.6) is 0 Å². The third-order valence-corrected chi connectivity index (χ3v) is 3.39. The Balaban J connectivity index is 2.34. The van der Waals surface area contributed by atoms with Gasteiger partial charge in [0.15, 0.2) is 0 Å². The van der Waals surface area contributed by atoms with Crippen LogP contribution in [-0.2, 0) is 6.42 Å². The van der Waals surface area contributed by atoms with E-state index in [1.807, 2.05) is 19.3 Å². The van der Waals surface area contributed by atoms with Gasteiger partial charge in [-0.1, -0.05) is 31.5 Å². The van der Waals surface area contributed by atoms with E-state index in [1.165, 1.54) is 5.56 Å². The van der Waals surface area contributed by atoms with Crippen molar-refractivity contribution in [2.45, 2.75) is 19.8 Å². The summed E-state index contributed by atoms with van der Waals surface area (Å²) in [6.45, 7) is 2.19. The molecule has 3 rings (SSSR count). The minimum Gasteiger partial charge on any atom is -0.373 e. The molecule has 2 aromatic heterocycles. The van der Waals surface area contributed by atoms with Crippen molar-refractivity contribution in [1.82, 2.24) is 9.97 Å². The van der Waals surface area contributed by atoms with Crippen LogP contribution in [0.15, 0.2) is 36.5 Å². The number of nitrogens with one attached hydrogen (secondary N) is 1. The lowest BCUT2D eigenvalue weighted by atomic mass is 10.1. The van der Waals surface area contributed by atoms with Crippen LogP contribution >= 0.6 is 0 Å². The first-order chi connectivity index (χ1) is 9.33. The van der Waals surface area contributed by atoms with Crippen molar-refractivity contribution < 1.29 is 0 Å². The van der Waals surface area contributed by atoms with Gasteiger partial charge in [0.25, 0.3) is 0 Å². The number of anilines is 1. The van der Waals surface area contributed by atoms with Gasteiger partial charge in [-0.15, -0.1) is 0 Å². The van der Waals surface area contributed by atoms with Crippen LogP contribution in [0.1, 0.15) is 18.9 Å². The average Bonchev–Trinajstić information content (AvgIpc) is 2.46. The highest BCUT2D eigenvalue weighted by atomic mass is 15.0. The van der Waals surface area contributed by atoms with Crippen molar-refractivity contribution in [3.8, 4) is 0 Å². The summed E-state index contributed by atoms with van der Waals surface area (Å²) in [5.41, 5.74) is 3.22. The van der Waals surface area contributed by atoms with Gasteiger partial charge in [0.1, 0.15) is 5.82 Å². The van der Waals surface area contributed by atoms with Crippen LogP contribution in [0.3, 0.4) is 0 Å². The summed E-state index contributed by atoms with van der Waals surface area (Å²) < 4.78 is 0. The second kappa shape index (κ2) is 4.84. The number of hydrogen-bond acceptors (Lipinski definition) is 3. The Morgan fingerprint density at radius 1 is 1.11 bits per heavy atom. The van der Waals surface area contributed by atoms with E-state index in [4.69, 9.17) is 4.98 Å². The fourth-order valence-electron chi connectivity index (χ4n) is 2.50. The molecule has 0 bridgehead atoms. The Morgan fingerprint density at radius 3 is 2.74 bits per heavy atom. The van der Waals surface area contributed by atoms with Crippen molar-refractivity contribution >= 4 is 27.6 Å². The number of rotatable bonds is 3. The normalized spacial score (nSPS) is 11.1. The molecule has 3 nitrogen and oxygen atoms in total. The van der Waals surface area contributed by atoms with Gasteiger partial charge in [-0.05, 0) is 24.1 Å². The molecule has 2 heterocycles. The topological polar surface area (TPSA) is 37.8 Å². The summed E-state index contributed by atoms with van der Waals surface area (Å²) >= 11 is 0. The first-order valence-corrected chi connectivity index (χ1v) is 6.68. The van der Waals surface area contributed by atoms with Crippen molar-refractivity contribution in [1.29, 1.82) is 0 Å². The second-order valence-corrected chi connectivity index (χ2v) is 4.71. The molecule has 0 amide bonds. The summed E-state index contributed by atoms with van der Waals surface area (Å²) in [5, 5.41) is 5.49. The van der Waals surface area contributed by atoms with Crippen LogP contribution < -0.4 is 5.32 Å². The van der Waals surface area contributed by atoms with Crippen molar-refractivity contribution in [2.24, 2.45) is 0 Å². The molecule has 0 aliphatic heterocycles. The van der Waals surface area contributed by atoms with E-state index in [9.17, 15) is 0 Å². The van der Waals surface area contributed by atoms with Gasteiger partial charge in [0.05, 0.1) is 11.0 Å². The van der Waals surface area contributed by atoms with E-state index in [-0.39, 0.29) is 0 Å². The summed E-state index contributed by atoms with van der Waals surface area (Å²) in [5.74, 6) is 0.965. The Hall–Kier alpha value is -2.16. The molecule has 1 N–H and O–H groups in total. The Morgan fingerprint density at radius 2 is 1.95 bits per heavy atom. The number of pyridine rings is 2. The van der Waals surface area contributed by atoms with Gasteiger partial charge in [0.2, 0.25) is 0 Å². The molecule has 0 unspecified atom stereocenters. The molecule has 19 heavy (non-hydrogen) atoms. The van der Waals surface area contributed by atoms with Crippen LogP contribution in [0, 0.1) is 0 Å². The van der Waals surface area contributed by atoms with Gasteiger partial charge in [-0.3, -0.25) is 4.98 Å². The maximum atomic E-state index is 4.77. The molecular weight excluding hydrogens is 234 g/mol. The fourth-order valence-corrected chi connectivity index (χ4v) is 2.50. The lowest BCUT2D eigenvalue weighted by molar-refractivity contribution is 0.919. The van der Waals surface area contributed by atoms with Gasteiger partial charge in [-0.2, -0.15) is 0 Å². The van der Waals surface area contributed by atoms with Crippen LogP contribution in [0.25, 0.3) is 21.8 Å². The highest BCUT2D eigenvalue weighted by Crippen LogP contribution is 2.26. The summed E-state index contributed by atoms with van der Waals surface area (Å²) in [6.07, 6.45) is 3.98. The molecule has 0 spiro atoms. The molecule has 3 heteroatoms. The van der Waals surface area contributed by atoms with Crippen molar-refractivity contribution in [2.75, 3.05) is 12.4 Å². The molecule has 0 aliphatic carbocycles. The van der Waals surface area contributed by atoms with Gasteiger partial charge < -0.3 is 5.32 Å². The first kappa shape index (κ1) is 11.9. The van der Waals surface area contributed by atoms with E-state index >= 15 is 0 Å². The molecule has 0 saturated heterocycles. The lowest BCUT2D eigenvalue weighted by Crippen LogP contribution is -1.99. The predicted molar refractivity (Wildman–Crippen MR) is 80.6 cm³/mol. The van der Waals surface area contributed by atoms with Gasteiger partial charge in [0, 0.05) is 24.0 Å². The molecule has 0 fully saturated rings. The lowest BCUT2D eigenvalue weighted by Gasteiger charge is -2.10. The van der Waals surface area contributed by atoms with E-state index in [2.05, 4.69) is 41.5 Å². The zero-order valence-electron chi connectivity index (χ0n) is 11.3. The molecule has 0 atom stereocenters. The third-order valence-electron chi connectivity index (χ3n) is 3.39. The third kappa shape index (κ3) is 2.01. The molecular formula is C16H17N3. The number of hydrogen-bond donors (Lipinski definition) is 1. The van der Waals surface area contributed by atoms with Gasteiger partial charge in [-0.25, -0.2) is 4.98 Å². The van der Waals surface area contributed by atoms with Crippen molar-refractivity contribution in [3.63, 3.8) is 0 Å². The maximum absolute atomic E-state index is 4.77. The Bertz CT molecular complexity index is 734. The van der Waals surface area contributed by atoms with Crippen LogP contribution in [-0.4, -0.2) is 17.0 Å². The monoisotopic (exact) mass is 251 g/mol. The summed E-state index contributed by atoms with van der Waals surface area (Å²) in [6, 6.07) is 10.5. The second-order valence-electron chi connectivity index (χ2n) is 4.71. The number of fused-ring (bicyclic) bond motifs is 3. The number of benzene rings is 1. The van der Waals surface area contributed by atoms with Gasteiger partial charge >= 0.3 is 0 Å². The van der Waals surface area contributed by atoms with E-state index in [0.29, 0.717) is 0 Å². The number of aromatic nitrogens is 2. The van der Waals surface area contributed by atoms with Crippen molar-refractivity contribution in [3.05, 3.63) is 42.1 Å². The zero-order valence-corrected chi connectivity index (χ0v) is 11.3. The average molecular weight is 251 g/mol. The van der Waals surface area contributed by atoms with E-state index < -0.39 is 0 Å². The zero-order chi connectivity index (χ0) is 13.2. The summed E-state index contributed by atoms with van der Waals surface area (Å²) in [4.78, 5) is 9.24. The van der Waals surface area contributed by atoms with Crippen LogP contribution in [0.4, 0.5) is 5.82 Å². The summed E-state index contributed by atoms with van der Waals surface area (Å²) in [7, 11) is 1.92. The number of nitrogens with zero attached hydrogens (tertiary/aromatic N) is 2. The fraction of sp³-hybridized carbons (Fsp3) is 0.250. The largest absolute Gasteiger partial charge is 0.373 e. The molecule has 0 aliphatic rings. The predicted octanol–water partition coefficient (Wildman–Crippen LogP) is 3.78. The highest BCUT2D eigenvalue weighted by Gasteiger charge is 2.08. The first-order valence-electron chi connectivity index (χ1n) is 6.68. The molecule has 96 valence electrons. The van der Waals surface area contributed by atoms with Crippen LogP contribution in [0.2, 0.25) is 0 Å². The maximum Gasteiger partial charge on any atom is 0.129 e. The Labute approximate surface area is 112 Å². The Kier molecular flexibility index (Phi) is 3.03. The SMILES string of the molecule is CCCc1cc2ccc3cccnc3c2nc1NC. The minimum absolute atomic E-state index is 0.965. The quantitative estimate of drug-likeness (QED) is 0.720. The molecule has 3 aromatic rings. The highest BCUT2D eigenvalue weighted by molar-refractivity contribution is 6.03. The smallest absolute Gasteiger partial charge is 0.129 e. The number of aryl methyl sites for hydroxylation is 1. The molecule has 0 radical (unpaired) electrons. The van der Waals surface area contributed by atoms with E-state index in [0.717, 1.165) is 40.5 Å². The molecule has 0 saturated carbocycles. The van der Waals surface area contributed by atoms with E-state index in [1.54, 1.807) is 0 Å². The molecule has 1 aromatic carbocycles.